The molecule has 2 aliphatic heterocycles. The van der Waals surface area contributed by atoms with Crippen molar-refractivity contribution in [2.75, 3.05) is 19.6 Å². The third-order valence-corrected chi connectivity index (χ3v) is 4.51. The molecule has 24 heavy (non-hydrogen) atoms. The second-order valence-electron chi connectivity index (χ2n) is 6.28. The highest BCUT2D eigenvalue weighted by Gasteiger charge is 2.29. The number of carbonyl (C=O) groups is 2. The van der Waals surface area contributed by atoms with E-state index in [-0.39, 0.29) is 11.8 Å². The molecular formula is C18H23N3O3. The molecule has 0 saturated carbocycles. The summed E-state index contributed by atoms with van der Waals surface area (Å²) < 4.78 is 0. The van der Waals surface area contributed by atoms with Crippen LogP contribution in [-0.4, -0.2) is 48.2 Å². The average Bonchev–Trinajstić information content (AvgIpc) is 3.27. The Morgan fingerprint density at radius 3 is 2.79 bits per heavy atom. The summed E-state index contributed by atoms with van der Waals surface area (Å²) in [5, 5.41) is 6.84. The van der Waals surface area contributed by atoms with Gasteiger partial charge in [0.25, 0.3) is 5.91 Å². The number of hydrogen-bond acceptors (Lipinski definition) is 4. The molecule has 128 valence electrons. The molecule has 0 aliphatic carbocycles. The van der Waals surface area contributed by atoms with Gasteiger partial charge in [0.15, 0.2) is 0 Å². The summed E-state index contributed by atoms with van der Waals surface area (Å²) in [5.74, 6) is -0.103. The molecule has 2 heterocycles. The van der Waals surface area contributed by atoms with Gasteiger partial charge in [0.2, 0.25) is 12.0 Å². The molecule has 1 fully saturated rings. The Labute approximate surface area is 141 Å². The molecule has 2 amide bonds. The molecule has 1 saturated heterocycles. The molecule has 6 nitrogen and oxygen atoms in total. The molecule has 0 bridgehead atoms. The van der Waals surface area contributed by atoms with E-state index in [2.05, 4.69) is 10.5 Å². The Bertz CT molecular complexity index is 651. The lowest BCUT2D eigenvalue weighted by atomic mass is 10.0. The van der Waals surface area contributed by atoms with E-state index in [0.717, 1.165) is 42.8 Å². The maximum atomic E-state index is 12.2. The Morgan fingerprint density at radius 1 is 1.29 bits per heavy atom. The van der Waals surface area contributed by atoms with E-state index in [0.29, 0.717) is 19.4 Å². The monoisotopic (exact) mass is 329 g/mol. The predicted molar refractivity (Wildman–Crippen MR) is 90.6 cm³/mol. The maximum absolute atomic E-state index is 12.2. The van der Waals surface area contributed by atoms with Crippen molar-refractivity contribution in [1.82, 2.24) is 10.2 Å². The van der Waals surface area contributed by atoms with Crippen molar-refractivity contribution in [3.05, 3.63) is 35.4 Å². The first kappa shape index (κ1) is 16.5. The molecule has 1 aromatic carbocycles. The number of benzene rings is 1. The quantitative estimate of drug-likeness (QED) is 0.892. The highest BCUT2D eigenvalue weighted by molar-refractivity contribution is 6.05. The fourth-order valence-corrected chi connectivity index (χ4v) is 3.10. The Hall–Kier alpha value is -2.37. The van der Waals surface area contributed by atoms with E-state index >= 15 is 0 Å². The Morgan fingerprint density at radius 2 is 2.04 bits per heavy atom. The summed E-state index contributed by atoms with van der Waals surface area (Å²) in [7, 11) is 0. The molecule has 0 radical (unpaired) electrons. The fourth-order valence-electron chi connectivity index (χ4n) is 3.10. The third-order valence-electron chi connectivity index (χ3n) is 4.51. The molecule has 3 rings (SSSR count). The van der Waals surface area contributed by atoms with Gasteiger partial charge >= 0.3 is 0 Å². The van der Waals surface area contributed by atoms with Gasteiger partial charge in [0.1, 0.15) is 0 Å². The van der Waals surface area contributed by atoms with Gasteiger partial charge in [-0.15, -0.1) is 0 Å². The van der Waals surface area contributed by atoms with Crippen molar-refractivity contribution in [2.24, 2.45) is 5.16 Å². The third kappa shape index (κ3) is 3.75. The zero-order valence-electron chi connectivity index (χ0n) is 14.0. The number of likely N-dealkylation sites (tertiary alicyclic amines) is 1. The summed E-state index contributed by atoms with van der Waals surface area (Å²) >= 11 is 0. The van der Waals surface area contributed by atoms with Gasteiger partial charge in [-0.2, -0.15) is 0 Å². The highest BCUT2D eigenvalue weighted by Crippen LogP contribution is 2.19. The average molecular weight is 329 g/mol. The predicted octanol–water partition coefficient (Wildman–Crippen LogP) is 1.62. The normalized spacial score (nSPS) is 19.8. The first-order valence-corrected chi connectivity index (χ1v) is 8.49. The van der Waals surface area contributed by atoms with E-state index in [4.69, 9.17) is 4.84 Å². The van der Waals surface area contributed by atoms with E-state index < -0.39 is 6.10 Å². The number of amides is 2. The van der Waals surface area contributed by atoms with Crippen LogP contribution >= 0.6 is 0 Å². The van der Waals surface area contributed by atoms with Crippen LogP contribution < -0.4 is 5.32 Å². The summed E-state index contributed by atoms with van der Waals surface area (Å²) in [4.78, 5) is 31.3. The minimum absolute atomic E-state index is 0.108. The fraction of sp³-hybridized carbons (Fsp3) is 0.500. The van der Waals surface area contributed by atoms with Crippen LogP contribution in [0.25, 0.3) is 0 Å². The van der Waals surface area contributed by atoms with Crippen LogP contribution in [0.5, 0.6) is 0 Å². The SMILES string of the molecule is Cc1ccccc1C1=NO[C@@H](C(=O)NCCC(=O)N2CCCC2)C1. The van der Waals surface area contributed by atoms with E-state index in [1.807, 2.05) is 36.1 Å². The van der Waals surface area contributed by atoms with Crippen LogP contribution in [-0.2, 0) is 14.4 Å². The zero-order valence-corrected chi connectivity index (χ0v) is 14.0. The van der Waals surface area contributed by atoms with Crippen molar-refractivity contribution in [1.29, 1.82) is 0 Å². The van der Waals surface area contributed by atoms with Crippen molar-refractivity contribution in [3.63, 3.8) is 0 Å². The van der Waals surface area contributed by atoms with Crippen molar-refractivity contribution < 1.29 is 14.4 Å². The number of aryl methyl sites for hydroxylation is 1. The Kier molecular flexibility index (Phi) is 5.13. The first-order chi connectivity index (χ1) is 11.6. The molecule has 2 aliphatic rings. The van der Waals surface area contributed by atoms with E-state index in [9.17, 15) is 9.59 Å². The zero-order chi connectivity index (χ0) is 16.9. The van der Waals surface area contributed by atoms with Crippen LogP contribution in [0.4, 0.5) is 0 Å². The number of rotatable bonds is 5. The number of nitrogens with one attached hydrogen (secondary N) is 1. The van der Waals surface area contributed by atoms with Crippen molar-refractivity contribution >= 4 is 17.5 Å². The van der Waals surface area contributed by atoms with Crippen LogP contribution in [0.2, 0.25) is 0 Å². The van der Waals surface area contributed by atoms with Gasteiger partial charge in [-0.05, 0) is 25.3 Å². The lowest BCUT2D eigenvalue weighted by Crippen LogP contribution is -2.37. The minimum atomic E-state index is -0.610. The number of nitrogens with zero attached hydrogens (tertiary/aromatic N) is 2. The summed E-state index contributed by atoms with van der Waals surface area (Å²) in [6, 6.07) is 7.90. The molecule has 1 aromatic rings. The molecule has 6 heteroatoms. The maximum Gasteiger partial charge on any atom is 0.264 e. The highest BCUT2D eigenvalue weighted by atomic mass is 16.6. The van der Waals surface area contributed by atoms with E-state index in [1.165, 1.54) is 0 Å². The van der Waals surface area contributed by atoms with Gasteiger partial charge < -0.3 is 15.1 Å². The van der Waals surface area contributed by atoms with Crippen LogP contribution in [0, 0.1) is 6.92 Å². The Balaban J connectivity index is 1.44. The topological polar surface area (TPSA) is 71.0 Å². The van der Waals surface area contributed by atoms with Gasteiger partial charge in [-0.3, -0.25) is 9.59 Å². The smallest absolute Gasteiger partial charge is 0.264 e. The standard InChI is InChI=1S/C18H23N3O3/c1-13-6-2-3-7-14(13)15-12-16(24-20-15)18(23)19-9-8-17(22)21-10-4-5-11-21/h2-3,6-7,16H,4-5,8-12H2,1H3,(H,19,23)/t16-/m1/s1. The number of hydrogen-bond donors (Lipinski definition) is 1. The number of carbonyl (C=O) groups excluding carboxylic acids is 2. The molecule has 0 spiro atoms. The van der Waals surface area contributed by atoms with Crippen molar-refractivity contribution in [3.8, 4) is 0 Å². The summed E-state index contributed by atoms with van der Waals surface area (Å²) in [6.07, 6.45) is 2.34. The summed E-state index contributed by atoms with van der Waals surface area (Å²) in [6.45, 7) is 4.03. The molecule has 0 unspecified atom stereocenters. The van der Waals surface area contributed by atoms with Gasteiger partial charge in [0.05, 0.1) is 5.71 Å². The lowest BCUT2D eigenvalue weighted by Gasteiger charge is -2.15. The van der Waals surface area contributed by atoms with Crippen molar-refractivity contribution in [2.45, 2.75) is 38.7 Å². The minimum Gasteiger partial charge on any atom is -0.382 e. The van der Waals surface area contributed by atoms with E-state index in [1.54, 1.807) is 0 Å². The van der Waals surface area contributed by atoms with Crippen LogP contribution in [0.1, 0.15) is 36.8 Å². The van der Waals surface area contributed by atoms with Gasteiger partial charge in [-0.1, -0.05) is 29.4 Å². The van der Waals surface area contributed by atoms with Gasteiger partial charge in [0, 0.05) is 38.0 Å². The molecule has 1 atom stereocenters. The van der Waals surface area contributed by atoms with Crippen LogP contribution in [0.15, 0.2) is 29.4 Å². The lowest BCUT2D eigenvalue weighted by molar-refractivity contribution is -0.132. The summed E-state index contributed by atoms with van der Waals surface area (Å²) in [5.41, 5.74) is 2.91. The largest absolute Gasteiger partial charge is 0.382 e. The van der Waals surface area contributed by atoms with Gasteiger partial charge in [-0.25, -0.2) is 0 Å². The molecule has 0 aromatic heterocycles. The second kappa shape index (κ2) is 7.47. The molecular weight excluding hydrogens is 306 g/mol. The van der Waals surface area contributed by atoms with Crippen LogP contribution in [0.3, 0.4) is 0 Å². The number of oxime groups is 1. The second-order valence-corrected chi connectivity index (χ2v) is 6.28. The molecule has 1 N–H and O–H groups in total. The first-order valence-electron chi connectivity index (χ1n) is 8.49.